The topological polar surface area (TPSA) is 62.4 Å². The van der Waals surface area contributed by atoms with Gasteiger partial charge in [0.25, 0.3) is 0 Å². The van der Waals surface area contributed by atoms with E-state index in [9.17, 15) is 0 Å². The van der Waals surface area contributed by atoms with Crippen molar-refractivity contribution < 1.29 is 9.52 Å². The second kappa shape index (κ2) is 7.22. The number of aliphatic hydroxyl groups is 1. The van der Waals surface area contributed by atoms with Crippen LogP contribution in [-0.2, 0) is 6.54 Å². The van der Waals surface area contributed by atoms with E-state index in [0.29, 0.717) is 29.4 Å². The lowest BCUT2D eigenvalue weighted by molar-refractivity contribution is 0.212. The summed E-state index contributed by atoms with van der Waals surface area (Å²) in [6.07, 6.45) is 4.27. The molecule has 0 saturated heterocycles. The Labute approximate surface area is 134 Å². The number of unbranched alkanes of at least 4 members (excludes halogenated alkanes) is 1. The summed E-state index contributed by atoms with van der Waals surface area (Å²) in [5, 5.41) is 17.8. The van der Waals surface area contributed by atoms with Crippen molar-refractivity contribution in [3.05, 3.63) is 35.2 Å². The first-order valence-electron chi connectivity index (χ1n) is 7.70. The smallest absolute Gasteiger partial charge is 0.249 e. The van der Waals surface area contributed by atoms with Crippen LogP contribution in [0.4, 0.5) is 0 Å². The van der Waals surface area contributed by atoms with Crippen molar-refractivity contribution >= 4 is 11.6 Å². The van der Waals surface area contributed by atoms with Gasteiger partial charge in [-0.15, -0.1) is 10.2 Å². The lowest BCUT2D eigenvalue weighted by Gasteiger charge is -2.19. The molecule has 0 radical (unpaired) electrons. The molecule has 1 saturated carbocycles. The zero-order valence-corrected chi connectivity index (χ0v) is 13.2. The SMILES string of the molecule is OCCCCN(Cc1nnc(-c2ccccc2Cl)o1)C1CC1. The fraction of sp³-hybridized carbons (Fsp3) is 0.500. The molecule has 1 aliphatic carbocycles. The second-order valence-electron chi connectivity index (χ2n) is 5.61. The van der Waals surface area contributed by atoms with Crippen LogP contribution in [0.1, 0.15) is 31.6 Å². The van der Waals surface area contributed by atoms with Gasteiger partial charge in [-0.1, -0.05) is 23.7 Å². The third kappa shape index (κ3) is 3.85. The first kappa shape index (κ1) is 15.5. The van der Waals surface area contributed by atoms with Gasteiger partial charge in [0.2, 0.25) is 11.8 Å². The molecule has 0 unspecified atom stereocenters. The summed E-state index contributed by atoms with van der Waals surface area (Å²) in [7, 11) is 0. The number of rotatable bonds is 8. The summed E-state index contributed by atoms with van der Waals surface area (Å²) >= 11 is 6.16. The second-order valence-corrected chi connectivity index (χ2v) is 6.02. The Morgan fingerprint density at radius 3 is 2.77 bits per heavy atom. The van der Waals surface area contributed by atoms with Gasteiger partial charge >= 0.3 is 0 Å². The molecule has 1 aromatic heterocycles. The van der Waals surface area contributed by atoms with E-state index in [0.717, 1.165) is 24.9 Å². The molecule has 22 heavy (non-hydrogen) atoms. The average molecular weight is 322 g/mol. The van der Waals surface area contributed by atoms with E-state index in [1.807, 2.05) is 24.3 Å². The molecule has 3 rings (SSSR count). The third-order valence-corrected chi connectivity index (χ3v) is 4.16. The summed E-state index contributed by atoms with van der Waals surface area (Å²) in [5.74, 6) is 1.08. The number of halogens is 1. The zero-order valence-electron chi connectivity index (χ0n) is 12.4. The van der Waals surface area contributed by atoms with E-state index in [2.05, 4.69) is 15.1 Å². The van der Waals surface area contributed by atoms with Crippen molar-refractivity contribution in [2.75, 3.05) is 13.2 Å². The van der Waals surface area contributed by atoms with Gasteiger partial charge in [0.1, 0.15) is 0 Å². The Morgan fingerprint density at radius 2 is 2.05 bits per heavy atom. The maximum atomic E-state index is 8.91. The number of aliphatic hydroxyl groups excluding tert-OH is 1. The molecule has 0 spiro atoms. The highest BCUT2D eigenvalue weighted by Gasteiger charge is 2.29. The summed E-state index contributed by atoms with van der Waals surface area (Å²) in [4.78, 5) is 2.36. The third-order valence-electron chi connectivity index (χ3n) is 3.83. The molecule has 1 heterocycles. The van der Waals surface area contributed by atoms with Gasteiger partial charge in [-0.3, -0.25) is 4.90 Å². The summed E-state index contributed by atoms with van der Waals surface area (Å²) < 4.78 is 5.77. The molecule has 6 heteroatoms. The van der Waals surface area contributed by atoms with Crippen LogP contribution in [0.3, 0.4) is 0 Å². The van der Waals surface area contributed by atoms with Crippen LogP contribution >= 0.6 is 11.6 Å². The van der Waals surface area contributed by atoms with Crippen LogP contribution in [0.25, 0.3) is 11.5 Å². The first-order chi connectivity index (χ1) is 10.8. The van der Waals surface area contributed by atoms with Gasteiger partial charge in [-0.05, 0) is 44.4 Å². The Hall–Kier alpha value is -1.43. The zero-order chi connectivity index (χ0) is 15.4. The van der Waals surface area contributed by atoms with Gasteiger partial charge in [0.05, 0.1) is 17.1 Å². The number of hydrogen-bond donors (Lipinski definition) is 1. The van der Waals surface area contributed by atoms with Crippen LogP contribution in [0.15, 0.2) is 28.7 Å². The van der Waals surface area contributed by atoms with E-state index >= 15 is 0 Å². The van der Waals surface area contributed by atoms with Gasteiger partial charge in [-0.2, -0.15) is 0 Å². The van der Waals surface area contributed by atoms with E-state index in [-0.39, 0.29) is 6.61 Å². The van der Waals surface area contributed by atoms with Crippen LogP contribution in [0.2, 0.25) is 5.02 Å². The standard InChI is InChI=1S/C16H20ClN3O2/c17-14-6-2-1-5-13(14)16-19-18-15(22-16)11-20(12-7-8-12)9-3-4-10-21/h1-2,5-6,12,21H,3-4,7-11H2. The highest BCUT2D eigenvalue weighted by Crippen LogP contribution is 2.30. The fourth-order valence-electron chi connectivity index (χ4n) is 2.49. The molecule has 1 aromatic carbocycles. The van der Waals surface area contributed by atoms with Crippen molar-refractivity contribution in [1.82, 2.24) is 15.1 Å². The van der Waals surface area contributed by atoms with Crippen molar-refractivity contribution in [3.8, 4) is 11.5 Å². The molecule has 118 valence electrons. The normalized spacial score (nSPS) is 14.7. The van der Waals surface area contributed by atoms with Crippen molar-refractivity contribution in [2.45, 2.75) is 38.3 Å². The van der Waals surface area contributed by atoms with E-state index < -0.39 is 0 Å². The van der Waals surface area contributed by atoms with E-state index in [1.54, 1.807) is 0 Å². The maximum absolute atomic E-state index is 8.91. The number of hydrogen-bond acceptors (Lipinski definition) is 5. The summed E-state index contributed by atoms with van der Waals surface area (Å²) in [6.45, 7) is 1.86. The molecule has 0 bridgehead atoms. The van der Waals surface area contributed by atoms with Crippen LogP contribution < -0.4 is 0 Å². The van der Waals surface area contributed by atoms with Crippen LogP contribution in [0.5, 0.6) is 0 Å². The highest BCUT2D eigenvalue weighted by molar-refractivity contribution is 6.33. The minimum absolute atomic E-state index is 0.246. The highest BCUT2D eigenvalue weighted by atomic mass is 35.5. The number of nitrogens with zero attached hydrogens (tertiary/aromatic N) is 3. The first-order valence-corrected chi connectivity index (χ1v) is 8.08. The Bertz CT molecular complexity index is 613. The molecule has 0 amide bonds. The van der Waals surface area contributed by atoms with Crippen molar-refractivity contribution in [2.24, 2.45) is 0 Å². The molecule has 1 fully saturated rings. The molecule has 5 nitrogen and oxygen atoms in total. The number of aromatic nitrogens is 2. The number of benzene rings is 1. The maximum Gasteiger partial charge on any atom is 0.249 e. The van der Waals surface area contributed by atoms with Crippen LogP contribution in [0, 0.1) is 0 Å². The van der Waals surface area contributed by atoms with Crippen molar-refractivity contribution in [3.63, 3.8) is 0 Å². The fourth-order valence-corrected chi connectivity index (χ4v) is 2.71. The molecule has 1 aliphatic rings. The van der Waals surface area contributed by atoms with Crippen molar-refractivity contribution in [1.29, 1.82) is 0 Å². The Kier molecular flexibility index (Phi) is 5.08. The van der Waals surface area contributed by atoms with E-state index in [1.165, 1.54) is 12.8 Å². The lowest BCUT2D eigenvalue weighted by Crippen LogP contribution is -2.27. The minimum Gasteiger partial charge on any atom is -0.419 e. The molecule has 1 N–H and O–H groups in total. The molecular formula is C16H20ClN3O2. The molecule has 2 aromatic rings. The largest absolute Gasteiger partial charge is 0.419 e. The van der Waals surface area contributed by atoms with Gasteiger partial charge in [0.15, 0.2) is 0 Å². The van der Waals surface area contributed by atoms with Gasteiger partial charge < -0.3 is 9.52 Å². The Balaban J connectivity index is 1.66. The summed E-state index contributed by atoms with van der Waals surface area (Å²) in [5.41, 5.74) is 0.765. The quantitative estimate of drug-likeness (QED) is 0.757. The van der Waals surface area contributed by atoms with E-state index in [4.69, 9.17) is 21.1 Å². The molecule has 0 atom stereocenters. The lowest BCUT2D eigenvalue weighted by atomic mass is 10.2. The predicted molar refractivity (Wildman–Crippen MR) is 84.5 cm³/mol. The predicted octanol–water partition coefficient (Wildman–Crippen LogP) is 3.13. The summed E-state index contributed by atoms with van der Waals surface area (Å²) in [6, 6.07) is 8.08. The average Bonchev–Trinajstić information content (AvgIpc) is 3.27. The van der Waals surface area contributed by atoms with Gasteiger partial charge in [-0.25, -0.2) is 0 Å². The molecule has 0 aliphatic heterocycles. The molecular weight excluding hydrogens is 302 g/mol. The monoisotopic (exact) mass is 321 g/mol. The van der Waals surface area contributed by atoms with Crippen LogP contribution in [-0.4, -0.2) is 39.4 Å². The minimum atomic E-state index is 0.246. The Morgan fingerprint density at radius 1 is 1.23 bits per heavy atom. The van der Waals surface area contributed by atoms with Gasteiger partial charge in [0, 0.05) is 12.6 Å².